The third-order valence-electron chi connectivity index (χ3n) is 3.79. The second-order valence-corrected chi connectivity index (χ2v) is 7.59. The van der Waals surface area contributed by atoms with Gasteiger partial charge in [-0.2, -0.15) is 0 Å². The lowest BCUT2D eigenvalue weighted by atomic mass is 10.1. The molecule has 0 saturated carbocycles. The Morgan fingerprint density at radius 3 is 2.40 bits per heavy atom. The minimum atomic E-state index is -2.98. The lowest BCUT2D eigenvalue weighted by molar-refractivity contribution is 0.209. The highest BCUT2D eigenvalue weighted by atomic mass is 32.2. The van der Waals surface area contributed by atoms with Crippen molar-refractivity contribution in [2.24, 2.45) is 0 Å². The van der Waals surface area contributed by atoms with Gasteiger partial charge in [0, 0.05) is 18.8 Å². The van der Waals surface area contributed by atoms with Crippen molar-refractivity contribution in [1.82, 2.24) is 4.90 Å². The van der Waals surface area contributed by atoms with Gasteiger partial charge in [-0.15, -0.1) is 0 Å². The van der Waals surface area contributed by atoms with Crippen molar-refractivity contribution in [3.05, 3.63) is 29.3 Å². The maximum Gasteiger partial charge on any atom is 0.321 e. The summed E-state index contributed by atoms with van der Waals surface area (Å²) in [5.41, 5.74) is 2.78. The molecule has 0 spiro atoms. The van der Waals surface area contributed by atoms with Gasteiger partial charge in [0.05, 0.1) is 11.5 Å². The fourth-order valence-corrected chi connectivity index (χ4v) is 4.23. The highest BCUT2D eigenvalue weighted by molar-refractivity contribution is 7.91. The summed E-state index contributed by atoms with van der Waals surface area (Å²) in [7, 11) is -1.34. The number of benzene rings is 1. The number of sulfone groups is 1. The number of rotatable bonds is 2. The number of amides is 2. The maximum atomic E-state index is 12.2. The van der Waals surface area contributed by atoms with Gasteiger partial charge in [0.1, 0.15) is 0 Å². The number of aryl methyl sites for hydroxylation is 2. The predicted molar refractivity (Wildman–Crippen MR) is 79.8 cm³/mol. The van der Waals surface area contributed by atoms with E-state index in [0.717, 1.165) is 16.8 Å². The predicted octanol–water partition coefficient (Wildman–Crippen LogP) is 1.95. The van der Waals surface area contributed by atoms with Crippen LogP contribution in [0.1, 0.15) is 17.5 Å². The van der Waals surface area contributed by atoms with Crippen LogP contribution in [0.25, 0.3) is 0 Å². The van der Waals surface area contributed by atoms with E-state index in [4.69, 9.17) is 0 Å². The summed E-state index contributed by atoms with van der Waals surface area (Å²) in [6.07, 6.45) is 0.513. The Morgan fingerprint density at radius 1 is 1.30 bits per heavy atom. The summed E-state index contributed by atoms with van der Waals surface area (Å²) >= 11 is 0. The Morgan fingerprint density at radius 2 is 1.90 bits per heavy atom. The van der Waals surface area contributed by atoms with Gasteiger partial charge in [-0.1, -0.05) is 18.2 Å². The van der Waals surface area contributed by atoms with Gasteiger partial charge in [-0.3, -0.25) is 0 Å². The van der Waals surface area contributed by atoms with Crippen molar-refractivity contribution < 1.29 is 13.2 Å². The molecule has 1 aromatic carbocycles. The lowest BCUT2D eigenvalue weighted by Gasteiger charge is -2.24. The standard InChI is InChI=1S/C14H20N2O3S/c1-10-5-4-6-11(2)13(10)15-14(17)16(3)12-7-8-20(18,19)9-12/h4-6,12H,7-9H2,1-3H3,(H,15,17). The molecule has 6 heteroatoms. The molecule has 1 saturated heterocycles. The van der Waals surface area contributed by atoms with E-state index >= 15 is 0 Å². The highest BCUT2D eigenvalue weighted by Crippen LogP contribution is 2.21. The van der Waals surface area contributed by atoms with Crippen LogP contribution in [0.3, 0.4) is 0 Å². The summed E-state index contributed by atoms with van der Waals surface area (Å²) < 4.78 is 23.0. The highest BCUT2D eigenvalue weighted by Gasteiger charge is 2.32. The van der Waals surface area contributed by atoms with E-state index in [0.29, 0.717) is 6.42 Å². The van der Waals surface area contributed by atoms with E-state index in [1.165, 1.54) is 4.90 Å². The van der Waals surface area contributed by atoms with Gasteiger partial charge in [0.2, 0.25) is 0 Å². The monoisotopic (exact) mass is 296 g/mol. The molecule has 1 heterocycles. The van der Waals surface area contributed by atoms with E-state index in [-0.39, 0.29) is 23.6 Å². The fraction of sp³-hybridized carbons (Fsp3) is 0.500. The fourth-order valence-electron chi connectivity index (χ4n) is 2.45. The van der Waals surface area contributed by atoms with Crippen LogP contribution in [-0.2, 0) is 9.84 Å². The molecule has 1 atom stereocenters. The van der Waals surface area contributed by atoms with Crippen molar-refractivity contribution in [1.29, 1.82) is 0 Å². The van der Waals surface area contributed by atoms with Crippen molar-refractivity contribution in [2.45, 2.75) is 26.3 Å². The maximum absolute atomic E-state index is 12.2. The van der Waals surface area contributed by atoms with E-state index in [9.17, 15) is 13.2 Å². The van der Waals surface area contributed by atoms with Gasteiger partial charge in [-0.05, 0) is 31.4 Å². The molecule has 1 aromatic rings. The second-order valence-electron chi connectivity index (χ2n) is 5.36. The van der Waals surface area contributed by atoms with Crippen molar-refractivity contribution in [3.63, 3.8) is 0 Å². The number of hydrogen-bond acceptors (Lipinski definition) is 3. The largest absolute Gasteiger partial charge is 0.324 e. The normalized spacial score (nSPS) is 20.6. The van der Waals surface area contributed by atoms with E-state index in [1.54, 1.807) is 7.05 Å². The van der Waals surface area contributed by atoms with Crippen LogP contribution in [-0.4, -0.2) is 43.9 Å². The van der Waals surface area contributed by atoms with Gasteiger partial charge >= 0.3 is 6.03 Å². The molecule has 0 bridgehead atoms. The summed E-state index contributed by atoms with van der Waals surface area (Å²) in [4.78, 5) is 13.7. The SMILES string of the molecule is Cc1cccc(C)c1NC(=O)N(C)C1CCS(=O)(=O)C1. The number of para-hydroxylation sites is 1. The van der Waals surface area contributed by atoms with Crippen LogP contribution in [0.4, 0.5) is 10.5 Å². The third kappa shape index (κ3) is 3.12. The molecule has 1 unspecified atom stereocenters. The van der Waals surface area contributed by atoms with Gasteiger partial charge in [0.15, 0.2) is 9.84 Å². The lowest BCUT2D eigenvalue weighted by Crippen LogP contribution is -2.40. The first-order valence-electron chi connectivity index (χ1n) is 6.60. The van der Waals surface area contributed by atoms with Crippen LogP contribution < -0.4 is 5.32 Å². The molecule has 0 radical (unpaired) electrons. The number of anilines is 1. The minimum Gasteiger partial charge on any atom is -0.324 e. The molecule has 0 aliphatic carbocycles. The smallest absolute Gasteiger partial charge is 0.321 e. The molecule has 20 heavy (non-hydrogen) atoms. The zero-order valence-corrected chi connectivity index (χ0v) is 12.8. The van der Waals surface area contributed by atoms with Crippen molar-refractivity contribution in [2.75, 3.05) is 23.9 Å². The molecule has 2 rings (SSSR count). The summed E-state index contributed by atoms with van der Waals surface area (Å²) in [6.45, 7) is 3.87. The molecule has 110 valence electrons. The molecule has 0 aromatic heterocycles. The number of carbonyl (C=O) groups is 1. The number of carbonyl (C=O) groups excluding carboxylic acids is 1. The molecule has 1 fully saturated rings. The van der Waals surface area contributed by atoms with Crippen molar-refractivity contribution in [3.8, 4) is 0 Å². The number of nitrogens with one attached hydrogen (secondary N) is 1. The molecular weight excluding hydrogens is 276 g/mol. The van der Waals surface area contributed by atoms with Crippen LogP contribution >= 0.6 is 0 Å². The molecule has 1 aliphatic heterocycles. The van der Waals surface area contributed by atoms with Crippen LogP contribution in [0.2, 0.25) is 0 Å². The first-order chi connectivity index (χ1) is 9.30. The minimum absolute atomic E-state index is 0.0592. The summed E-state index contributed by atoms with van der Waals surface area (Å²) in [6, 6.07) is 5.31. The van der Waals surface area contributed by atoms with Gasteiger partial charge < -0.3 is 10.2 Å². The van der Waals surface area contributed by atoms with E-state index < -0.39 is 9.84 Å². The first kappa shape index (κ1) is 14.8. The number of urea groups is 1. The average Bonchev–Trinajstić information content (AvgIpc) is 2.73. The first-order valence-corrected chi connectivity index (χ1v) is 8.43. The summed E-state index contributed by atoms with van der Waals surface area (Å²) in [5.74, 6) is 0.225. The zero-order chi connectivity index (χ0) is 14.9. The van der Waals surface area contributed by atoms with Crippen molar-refractivity contribution >= 4 is 21.6 Å². The molecule has 1 N–H and O–H groups in total. The quantitative estimate of drug-likeness (QED) is 0.907. The Hall–Kier alpha value is -1.56. The average molecular weight is 296 g/mol. The molecule has 2 amide bonds. The Labute approximate surface area is 119 Å². The third-order valence-corrected chi connectivity index (χ3v) is 5.54. The summed E-state index contributed by atoms with van der Waals surface area (Å²) in [5, 5.41) is 2.87. The molecule has 1 aliphatic rings. The second kappa shape index (κ2) is 5.44. The Bertz CT molecular complexity index is 605. The van der Waals surface area contributed by atoms with E-state index in [1.807, 2.05) is 32.0 Å². The zero-order valence-electron chi connectivity index (χ0n) is 12.0. The topological polar surface area (TPSA) is 66.5 Å². The Balaban J connectivity index is 2.09. The van der Waals surface area contributed by atoms with Gasteiger partial charge in [-0.25, -0.2) is 13.2 Å². The van der Waals surface area contributed by atoms with E-state index in [2.05, 4.69) is 5.32 Å². The van der Waals surface area contributed by atoms with Crippen LogP contribution in [0.5, 0.6) is 0 Å². The molecule has 5 nitrogen and oxygen atoms in total. The number of nitrogens with zero attached hydrogens (tertiary/aromatic N) is 1. The Kier molecular flexibility index (Phi) is 4.04. The van der Waals surface area contributed by atoms with Gasteiger partial charge in [0.25, 0.3) is 0 Å². The van der Waals surface area contributed by atoms with Crippen LogP contribution in [0.15, 0.2) is 18.2 Å². The van der Waals surface area contributed by atoms with Crippen LogP contribution in [0, 0.1) is 13.8 Å². The molecular formula is C14H20N2O3S. The number of hydrogen-bond donors (Lipinski definition) is 1.